The Labute approximate surface area is 110 Å². The molecular formula is C12H12ClN3O2. The fourth-order valence-electron chi connectivity index (χ4n) is 1.05. The number of carbonyl (C=O) groups excluding carboxylic acids is 2. The van der Waals surface area contributed by atoms with E-state index < -0.39 is 11.8 Å². The second-order valence-corrected chi connectivity index (χ2v) is 3.69. The highest BCUT2D eigenvalue weighted by Gasteiger charge is 2.10. The van der Waals surface area contributed by atoms with Crippen LogP contribution >= 0.6 is 11.6 Å². The first-order valence-electron chi connectivity index (χ1n) is 5.11. The molecule has 0 radical (unpaired) electrons. The van der Waals surface area contributed by atoms with Crippen molar-refractivity contribution in [1.29, 1.82) is 0 Å². The lowest BCUT2D eigenvalue weighted by molar-refractivity contribution is -0.139. The molecule has 0 bridgehead atoms. The molecule has 0 aliphatic heterocycles. The predicted octanol–water partition coefficient (Wildman–Crippen LogP) is 1.09. The van der Waals surface area contributed by atoms with E-state index in [-0.39, 0.29) is 6.54 Å². The third-order valence-electron chi connectivity index (χ3n) is 1.84. The van der Waals surface area contributed by atoms with Crippen LogP contribution in [0, 0.1) is 0 Å². The van der Waals surface area contributed by atoms with Gasteiger partial charge in [-0.25, -0.2) is 5.43 Å². The fourth-order valence-corrected chi connectivity index (χ4v) is 1.25. The van der Waals surface area contributed by atoms with Crippen molar-refractivity contribution >= 4 is 29.6 Å². The number of amides is 2. The van der Waals surface area contributed by atoms with E-state index in [1.54, 1.807) is 24.3 Å². The zero-order valence-electron chi connectivity index (χ0n) is 9.52. The summed E-state index contributed by atoms with van der Waals surface area (Å²) in [4.78, 5) is 22.3. The van der Waals surface area contributed by atoms with E-state index in [1.807, 2.05) is 0 Å². The molecule has 5 nitrogen and oxygen atoms in total. The smallest absolute Gasteiger partial charge is 0.329 e. The molecule has 1 aromatic carbocycles. The summed E-state index contributed by atoms with van der Waals surface area (Å²) in [6.45, 7) is 3.64. The number of halogens is 1. The second-order valence-electron chi connectivity index (χ2n) is 3.25. The molecule has 0 aliphatic carbocycles. The van der Waals surface area contributed by atoms with E-state index in [1.165, 1.54) is 12.3 Å². The maximum absolute atomic E-state index is 11.2. The molecule has 0 heterocycles. The summed E-state index contributed by atoms with van der Waals surface area (Å²) in [6, 6.07) is 6.91. The van der Waals surface area contributed by atoms with Crippen molar-refractivity contribution in [3.8, 4) is 0 Å². The summed E-state index contributed by atoms with van der Waals surface area (Å²) in [5, 5.41) is 6.53. The molecule has 0 saturated carbocycles. The second kappa shape index (κ2) is 7.24. The zero-order valence-corrected chi connectivity index (χ0v) is 10.3. The van der Waals surface area contributed by atoms with Gasteiger partial charge in [-0.2, -0.15) is 5.10 Å². The normalized spacial score (nSPS) is 10.1. The van der Waals surface area contributed by atoms with Gasteiger partial charge >= 0.3 is 11.8 Å². The quantitative estimate of drug-likeness (QED) is 0.370. The number of hydrogen-bond acceptors (Lipinski definition) is 3. The number of benzene rings is 1. The lowest BCUT2D eigenvalue weighted by Gasteiger charge is -1.99. The van der Waals surface area contributed by atoms with Crippen LogP contribution in [0.1, 0.15) is 5.56 Å². The number of nitrogens with one attached hydrogen (secondary N) is 2. The average Bonchev–Trinajstić information content (AvgIpc) is 2.35. The Morgan fingerprint density at radius 1 is 1.39 bits per heavy atom. The van der Waals surface area contributed by atoms with E-state index in [9.17, 15) is 9.59 Å². The maximum Gasteiger partial charge on any atom is 0.329 e. The minimum absolute atomic E-state index is 0.226. The van der Waals surface area contributed by atoms with Gasteiger partial charge < -0.3 is 5.32 Å². The standard InChI is InChI=1S/C12H12ClN3O2/c1-2-6-14-11(17)12(18)16-15-8-9-4-3-5-10(13)7-9/h2-5,7-8H,1,6H2,(H,14,17)(H,16,18)/b15-8-. The van der Waals surface area contributed by atoms with Crippen molar-refractivity contribution < 1.29 is 9.59 Å². The van der Waals surface area contributed by atoms with Crippen LogP contribution in [0.5, 0.6) is 0 Å². The van der Waals surface area contributed by atoms with Gasteiger partial charge in [0.1, 0.15) is 0 Å². The topological polar surface area (TPSA) is 70.6 Å². The van der Waals surface area contributed by atoms with Gasteiger partial charge in [-0.05, 0) is 17.7 Å². The molecule has 2 N–H and O–H groups in total. The van der Waals surface area contributed by atoms with Crippen molar-refractivity contribution in [3.05, 3.63) is 47.5 Å². The molecule has 2 amide bonds. The average molecular weight is 266 g/mol. The van der Waals surface area contributed by atoms with E-state index in [2.05, 4.69) is 22.4 Å². The highest BCUT2D eigenvalue weighted by Crippen LogP contribution is 2.08. The SMILES string of the molecule is C=CCNC(=O)C(=O)N/N=C\c1cccc(Cl)c1. The summed E-state index contributed by atoms with van der Waals surface area (Å²) in [7, 11) is 0. The van der Waals surface area contributed by atoms with Crippen LogP contribution in [-0.2, 0) is 9.59 Å². The first-order valence-corrected chi connectivity index (χ1v) is 5.49. The van der Waals surface area contributed by atoms with Crippen LogP contribution in [-0.4, -0.2) is 24.6 Å². The third-order valence-corrected chi connectivity index (χ3v) is 2.08. The van der Waals surface area contributed by atoms with Crippen molar-refractivity contribution in [1.82, 2.24) is 10.7 Å². The molecule has 6 heteroatoms. The Bertz CT molecular complexity index is 486. The minimum Gasteiger partial charge on any atom is -0.344 e. The monoisotopic (exact) mass is 265 g/mol. The van der Waals surface area contributed by atoms with Crippen molar-refractivity contribution in [2.45, 2.75) is 0 Å². The molecule has 18 heavy (non-hydrogen) atoms. The van der Waals surface area contributed by atoms with Crippen LogP contribution in [0.2, 0.25) is 5.02 Å². The first-order chi connectivity index (χ1) is 8.63. The van der Waals surface area contributed by atoms with Crippen molar-refractivity contribution in [2.75, 3.05) is 6.54 Å². The summed E-state index contributed by atoms with van der Waals surface area (Å²) in [5.74, 6) is -1.60. The van der Waals surface area contributed by atoms with Gasteiger partial charge in [-0.15, -0.1) is 6.58 Å². The number of carbonyl (C=O) groups is 2. The summed E-state index contributed by atoms with van der Waals surface area (Å²) < 4.78 is 0. The fraction of sp³-hybridized carbons (Fsp3) is 0.0833. The van der Waals surface area contributed by atoms with Gasteiger partial charge in [0.05, 0.1) is 6.21 Å². The Kier molecular flexibility index (Phi) is 5.60. The molecule has 0 saturated heterocycles. The Morgan fingerprint density at radius 2 is 2.17 bits per heavy atom. The van der Waals surface area contributed by atoms with Gasteiger partial charge in [0.2, 0.25) is 0 Å². The number of hydrogen-bond donors (Lipinski definition) is 2. The van der Waals surface area contributed by atoms with Gasteiger partial charge in [0.15, 0.2) is 0 Å². The molecule has 0 spiro atoms. The Balaban J connectivity index is 2.47. The highest BCUT2D eigenvalue weighted by atomic mass is 35.5. The molecule has 1 aromatic rings. The number of nitrogens with zero attached hydrogens (tertiary/aromatic N) is 1. The molecule has 0 aliphatic rings. The van der Waals surface area contributed by atoms with Gasteiger partial charge in [-0.1, -0.05) is 29.8 Å². The van der Waals surface area contributed by atoms with Crippen molar-refractivity contribution in [3.63, 3.8) is 0 Å². The molecular weight excluding hydrogens is 254 g/mol. The van der Waals surface area contributed by atoms with E-state index in [4.69, 9.17) is 11.6 Å². The number of hydrazone groups is 1. The maximum atomic E-state index is 11.2. The molecule has 0 aromatic heterocycles. The lowest BCUT2D eigenvalue weighted by atomic mass is 10.2. The molecule has 1 rings (SSSR count). The largest absolute Gasteiger partial charge is 0.344 e. The zero-order chi connectivity index (χ0) is 13.4. The first kappa shape index (κ1) is 13.9. The summed E-state index contributed by atoms with van der Waals surface area (Å²) >= 11 is 5.77. The van der Waals surface area contributed by atoms with Crippen LogP contribution in [0.3, 0.4) is 0 Å². The van der Waals surface area contributed by atoms with E-state index in [0.29, 0.717) is 10.6 Å². The molecule has 94 valence electrons. The summed E-state index contributed by atoms with van der Waals surface area (Å²) in [6.07, 6.45) is 2.87. The molecule has 0 unspecified atom stereocenters. The predicted molar refractivity (Wildman–Crippen MR) is 70.4 cm³/mol. The van der Waals surface area contributed by atoms with Gasteiger partial charge in [-0.3, -0.25) is 9.59 Å². The Hall–Kier alpha value is -2.14. The van der Waals surface area contributed by atoms with Crippen LogP contribution < -0.4 is 10.7 Å². The Morgan fingerprint density at radius 3 is 2.83 bits per heavy atom. The lowest BCUT2D eigenvalue weighted by Crippen LogP contribution is -2.37. The van der Waals surface area contributed by atoms with E-state index >= 15 is 0 Å². The highest BCUT2D eigenvalue weighted by molar-refractivity contribution is 6.35. The van der Waals surface area contributed by atoms with Gasteiger partial charge in [0.25, 0.3) is 0 Å². The van der Waals surface area contributed by atoms with E-state index in [0.717, 1.165) is 0 Å². The summed E-state index contributed by atoms with van der Waals surface area (Å²) in [5.41, 5.74) is 2.82. The molecule has 0 atom stereocenters. The number of rotatable bonds is 4. The minimum atomic E-state index is -0.838. The van der Waals surface area contributed by atoms with Crippen LogP contribution in [0.25, 0.3) is 0 Å². The van der Waals surface area contributed by atoms with Crippen LogP contribution in [0.4, 0.5) is 0 Å². The third kappa shape index (κ3) is 4.80. The molecule has 0 fully saturated rings. The van der Waals surface area contributed by atoms with Gasteiger partial charge in [0, 0.05) is 11.6 Å². The van der Waals surface area contributed by atoms with Crippen LogP contribution in [0.15, 0.2) is 42.0 Å². The van der Waals surface area contributed by atoms with Crippen molar-refractivity contribution in [2.24, 2.45) is 5.10 Å².